The van der Waals surface area contributed by atoms with Gasteiger partial charge >= 0.3 is 0 Å². The molecule has 1 aliphatic rings. The van der Waals surface area contributed by atoms with Crippen LogP contribution in [0.4, 0.5) is 0 Å². The highest BCUT2D eigenvalue weighted by Crippen LogP contribution is 2.35. The van der Waals surface area contributed by atoms with Crippen molar-refractivity contribution in [2.24, 2.45) is 0 Å². The summed E-state index contributed by atoms with van der Waals surface area (Å²) in [6.07, 6.45) is 1.03. The Morgan fingerprint density at radius 1 is 0.935 bits per heavy atom. The van der Waals surface area contributed by atoms with E-state index < -0.39 is 0 Å². The Balaban J connectivity index is 1.47. The van der Waals surface area contributed by atoms with Gasteiger partial charge in [0.05, 0.1) is 26.5 Å². The summed E-state index contributed by atoms with van der Waals surface area (Å²) in [6, 6.07) is 23.0. The third-order valence-electron chi connectivity index (χ3n) is 6.03. The lowest BCUT2D eigenvalue weighted by atomic mass is 9.94. The summed E-state index contributed by atoms with van der Waals surface area (Å²) in [5, 5.41) is 3.63. The minimum Gasteiger partial charge on any atom is -0.493 e. The number of nitrogens with two attached hydrogens (primary N) is 1. The van der Waals surface area contributed by atoms with Crippen molar-refractivity contribution in [1.29, 1.82) is 0 Å². The largest absolute Gasteiger partial charge is 0.493 e. The monoisotopic (exact) mass is 415 g/mol. The maximum absolute atomic E-state index is 6.08. The van der Waals surface area contributed by atoms with Gasteiger partial charge in [0, 0.05) is 22.9 Å². The summed E-state index contributed by atoms with van der Waals surface area (Å²) >= 11 is 0. The van der Waals surface area contributed by atoms with E-state index in [2.05, 4.69) is 46.7 Å². The third kappa shape index (κ3) is 3.73. The van der Waals surface area contributed by atoms with Gasteiger partial charge in [0.15, 0.2) is 17.5 Å². The Bertz CT molecular complexity index is 1200. The molecule has 0 radical (unpaired) electrons. The van der Waals surface area contributed by atoms with E-state index in [0.29, 0.717) is 6.61 Å². The molecular formula is C26H27N2O3+. The van der Waals surface area contributed by atoms with Crippen LogP contribution in [0.1, 0.15) is 28.4 Å². The number of quaternary nitrogens is 1. The molecule has 31 heavy (non-hydrogen) atoms. The number of H-pyrrole nitrogens is 1. The number of benzene rings is 3. The fourth-order valence-electron chi connectivity index (χ4n) is 4.47. The summed E-state index contributed by atoms with van der Waals surface area (Å²) in [5.41, 5.74) is 6.15. The average molecular weight is 416 g/mol. The molecule has 1 aromatic heterocycles. The van der Waals surface area contributed by atoms with Crippen molar-refractivity contribution >= 4 is 10.9 Å². The van der Waals surface area contributed by atoms with Crippen molar-refractivity contribution < 1.29 is 19.5 Å². The number of hydrogen-bond donors (Lipinski definition) is 2. The molecule has 0 spiro atoms. The predicted octanol–water partition coefficient (Wildman–Crippen LogP) is 3.97. The number of hydrogen-bond acceptors (Lipinski definition) is 3. The van der Waals surface area contributed by atoms with Crippen LogP contribution in [-0.2, 0) is 13.0 Å². The first-order valence-corrected chi connectivity index (χ1v) is 10.6. The van der Waals surface area contributed by atoms with Gasteiger partial charge in [0.1, 0.15) is 12.4 Å². The highest BCUT2D eigenvalue weighted by molar-refractivity contribution is 5.86. The highest BCUT2D eigenvalue weighted by atomic mass is 16.5. The number of aromatic nitrogens is 1. The molecule has 5 nitrogen and oxygen atoms in total. The van der Waals surface area contributed by atoms with Gasteiger partial charge in [-0.2, -0.15) is 0 Å². The Kier molecular flexibility index (Phi) is 5.26. The number of rotatable bonds is 6. The van der Waals surface area contributed by atoms with Crippen LogP contribution >= 0.6 is 0 Å². The van der Waals surface area contributed by atoms with E-state index in [9.17, 15) is 0 Å². The number of nitrogens with one attached hydrogen (secondary N) is 1. The van der Waals surface area contributed by atoms with Gasteiger partial charge in [-0.25, -0.2) is 0 Å². The smallest absolute Gasteiger partial charge is 0.161 e. The van der Waals surface area contributed by atoms with Gasteiger partial charge in [-0.1, -0.05) is 30.3 Å². The number of methoxy groups -OCH3 is 2. The third-order valence-corrected chi connectivity index (χ3v) is 6.03. The molecule has 0 unspecified atom stereocenters. The normalized spacial score (nSPS) is 15.5. The van der Waals surface area contributed by atoms with Crippen LogP contribution in [0.2, 0.25) is 0 Å². The lowest BCUT2D eigenvalue weighted by molar-refractivity contribution is -0.690. The second-order valence-corrected chi connectivity index (χ2v) is 7.87. The molecule has 5 heteroatoms. The topological polar surface area (TPSA) is 60.1 Å². The first-order chi connectivity index (χ1) is 15.3. The number of aromatic amines is 1. The van der Waals surface area contributed by atoms with Gasteiger partial charge in [0.25, 0.3) is 0 Å². The SMILES string of the molecule is COc1ccc([C@H]2[NH2+]CCc3c2[nH]c2ccc(OCc4ccccc4)cc32)cc1OC. The molecule has 4 aromatic rings. The van der Waals surface area contributed by atoms with E-state index >= 15 is 0 Å². The quantitative estimate of drug-likeness (QED) is 0.501. The molecule has 5 rings (SSSR count). The summed E-state index contributed by atoms with van der Waals surface area (Å²) in [7, 11) is 3.34. The maximum atomic E-state index is 6.08. The Morgan fingerprint density at radius 2 is 1.77 bits per heavy atom. The molecular weight excluding hydrogens is 388 g/mol. The van der Waals surface area contributed by atoms with Crippen molar-refractivity contribution in [2.45, 2.75) is 19.1 Å². The van der Waals surface area contributed by atoms with Crippen molar-refractivity contribution in [3.63, 3.8) is 0 Å². The van der Waals surface area contributed by atoms with E-state index in [0.717, 1.165) is 35.7 Å². The van der Waals surface area contributed by atoms with Crippen LogP contribution in [0.15, 0.2) is 66.7 Å². The fourth-order valence-corrected chi connectivity index (χ4v) is 4.47. The van der Waals surface area contributed by atoms with Gasteiger partial charge in [0.2, 0.25) is 0 Å². The average Bonchev–Trinajstić information content (AvgIpc) is 3.21. The number of ether oxygens (including phenoxy) is 3. The van der Waals surface area contributed by atoms with E-state index in [-0.39, 0.29) is 6.04 Å². The van der Waals surface area contributed by atoms with Crippen LogP contribution < -0.4 is 19.5 Å². The molecule has 0 fully saturated rings. The second-order valence-electron chi connectivity index (χ2n) is 7.87. The van der Waals surface area contributed by atoms with E-state index in [1.807, 2.05) is 30.3 Å². The van der Waals surface area contributed by atoms with Crippen LogP contribution in [0, 0.1) is 0 Å². The molecule has 158 valence electrons. The zero-order valence-electron chi connectivity index (χ0n) is 17.9. The van der Waals surface area contributed by atoms with Gasteiger partial charge < -0.3 is 24.5 Å². The van der Waals surface area contributed by atoms with Gasteiger partial charge in [-0.05, 0) is 47.5 Å². The molecule has 1 aliphatic heterocycles. The maximum Gasteiger partial charge on any atom is 0.161 e. The molecule has 0 aliphatic carbocycles. The van der Waals surface area contributed by atoms with Crippen molar-refractivity contribution in [3.05, 3.63) is 89.1 Å². The van der Waals surface area contributed by atoms with Crippen molar-refractivity contribution in [1.82, 2.24) is 4.98 Å². The lowest BCUT2D eigenvalue weighted by Crippen LogP contribution is -2.87. The van der Waals surface area contributed by atoms with Crippen molar-refractivity contribution in [2.75, 3.05) is 20.8 Å². The Hall–Kier alpha value is -3.44. The minimum atomic E-state index is 0.199. The zero-order chi connectivity index (χ0) is 21.2. The van der Waals surface area contributed by atoms with Crippen molar-refractivity contribution in [3.8, 4) is 17.2 Å². The zero-order valence-corrected chi connectivity index (χ0v) is 17.9. The molecule has 1 atom stereocenters. The first kappa shape index (κ1) is 19.5. The number of fused-ring (bicyclic) bond motifs is 3. The molecule has 0 amide bonds. The fraction of sp³-hybridized carbons (Fsp3) is 0.231. The standard InChI is InChI=1S/C26H26N2O3/c1-29-23-11-8-18(14-24(23)30-2)25-26-20(12-13-27-25)21-15-19(9-10-22(21)28-26)31-16-17-6-4-3-5-7-17/h3-11,14-15,25,27-28H,12-13,16H2,1-2H3/p+1/t25-/m1/s1. The second kappa shape index (κ2) is 8.36. The van der Waals surface area contributed by atoms with Crippen LogP contribution in [0.25, 0.3) is 10.9 Å². The molecule has 3 N–H and O–H groups in total. The van der Waals surface area contributed by atoms with Crippen LogP contribution in [0.5, 0.6) is 17.2 Å². The van der Waals surface area contributed by atoms with E-state index in [4.69, 9.17) is 14.2 Å². The lowest BCUT2D eigenvalue weighted by Gasteiger charge is -2.22. The van der Waals surface area contributed by atoms with Crippen LogP contribution in [0.3, 0.4) is 0 Å². The predicted molar refractivity (Wildman–Crippen MR) is 121 cm³/mol. The van der Waals surface area contributed by atoms with Gasteiger partial charge in [-0.15, -0.1) is 0 Å². The van der Waals surface area contributed by atoms with Crippen LogP contribution in [-0.4, -0.2) is 25.7 Å². The Labute approximate surface area is 182 Å². The molecule has 0 bridgehead atoms. The summed E-state index contributed by atoms with van der Waals surface area (Å²) in [6.45, 7) is 1.61. The molecule has 0 saturated carbocycles. The van der Waals surface area contributed by atoms with E-state index in [1.54, 1.807) is 14.2 Å². The van der Waals surface area contributed by atoms with E-state index in [1.165, 1.54) is 27.8 Å². The molecule has 0 saturated heterocycles. The molecule has 3 aromatic carbocycles. The Morgan fingerprint density at radius 3 is 2.58 bits per heavy atom. The highest BCUT2D eigenvalue weighted by Gasteiger charge is 2.29. The van der Waals surface area contributed by atoms with Gasteiger partial charge in [-0.3, -0.25) is 0 Å². The summed E-state index contributed by atoms with van der Waals surface area (Å²) < 4.78 is 17.0. The first-order valence-electron chi connectivity index (χ1n) is 10.6. The molecule has 2 heterocycles. The minimum absolute atomic E-state index is 0.199. The summed E-state index contributed by atoms with van der Waals surface area (Å²) in [5.74, 6) is 2.41. The summed E-state index contributed by atoms with van der Waals surface area (Å²) in [4.78, 5) is 3.67.